The first-order valence-corrected chi connectivity index (χ1v) is 6.80. The van der Waals surface area contributed by atoms with E-state index in [2.05, 4.69) is 11.2 Å². The van der Waals surface area contributed by atoms with E-state index in [0.29, 0.717) is 13.2 Å². The van der Waals surface area contributed by atoms with Crippen LogP contribution in [0.15, 0.2) is 12.4 Å². The number of carbonyl (C=O) groups excluding carboxylic acids is 1. The zero-order chi connectivity index (χ0) is 14.7. The van der Waals surface area contributed by atoms with E-state index in [9.17, 15) is 10.1 Å². The molecule has 1 aliphatic heterocycles. The lowest BCUT2D eigenvalue weighted by atomic mass is 9.97. The number of nitrogens with zero attached hydrogens (tertiary/aromatic N) is 4. The van der Waals surface area contributed by atoms with Crippen molar-refractivity contribution in [2.45, 2.75) is 32.4 Å². The molecule has 1 aromatic rings. The van der Waals surface area contributed by atoms with Gasteiger partial charge in [0.2, 0.25) is 5.91 Å². The fourth-order valence-corrected chi connectivity index (χ4v) is 2.56. The SMILES string of the molecule is COCCN1C(=O)C[C@H](C#N)[C@@H]1c1cnn(C(C)C)c1. The lowest BCUT2D eigenvalue weighted by molar-refractivity contribution is -0.129. The van der Waals surface area contributed by atoms with Crippen LogP contribution in [-0.4, -0.2) is 40.8 Å². The molecule has 1 amide bonds. The summed E-state index contributed by atoms with van der Waals surface area (Å²) in [6, 6.07) is 2.29. The fraction of sp³-hybridized carbons (Fsp3) is 0.643. The summed E-state index contributed by atoms with van der Waals surface area (Å²) < 4.78 is 6.90. The molecule has 20 heavy (non-hydrogen) atoms. The van der Waals surface area contributed by atoms with Gasteiger partial charge in [0, 0.05) is 37.9 Å². The average molecular weight is 276 g/mol. The third-order valence-electron chi connectivity index (χ3n) is 3.63. The maximum absolute atomic E-state index is 12.1. The number of likely N-dealkylation sites (tertiary alicyclic amines) is 1. The van der Waals surface area contributed by atoms with E-state index < -0.39 is 0 Å². The molecular formula is C14H20N4O2. The topological polar surface area (TPSA) is 71.2 Å². The summed E-state index contributed by atoms with van der Waals surface area (Å²) in [4.78, 5) is 13.8. The number of nitriles is 1. The predicted octanol–water partition coefficient (Wildman–Crippen LogP) is 1.52. The molecule has 0 aliphatic carbocycles. The molecule has 0 bridgehead atoms. The average Bonchev–Trinajstić information content (AvgIpc) is 3.00. The Morgan fingerprint density at radius 2 is 2.35 bits per heavy atom. The molecule has 108 valence electrons. The van der Waals surface area contributed by atoms with Gasteiger partial charge >= 0.3 is 0 Å². The van der Waals surface area contributed by atoms with Gasteiger partial charge in [0.05, 0.1) is 30.8 Å². The summed E-state index contributed by atoms with van der Waals surface area (Å²) in [5.74, 6) is -0.305. The van der Waals surface area contributed by atoms with E-state index >= 15 is 0 Å². The van der Waals surface area contributed by atoms with Gasteiger partial charge < -0.3 is 9.64 Å². The Bertz CT molecular complexity index is 517. The lowest BCUT2D eigenvalue weighted by Gasteiger charge is -2.25. The number of rotatable bonds is 5. The summed E-state index contributed by atoms with van der Waals surface area (Å²) in [5.41, 5.74) is 0.923. The van der Waals surface area contributed by atoms with Crippen LogP contribution in [0, 0.1) is 17.2 Å². The minimum Gasteiger partial charge on any atom is -0.383 e. The van der Waals surface area contributed by atoms with Crippen molar-refractivity contribution in [3.8, 4) is 6.07 Å². The Morgan fingerprint density at radius 1 is 1.60 bits per heavy atom. The smallest absolute Gasteiger partial charge is 0.224 e. The van der Waals surface area contributed by atoms with Crippen LogP contribution >= 0.6 is 0 Å². The molecule has 1 saturated heterocycles. The number of ether oxygens (including phenoxy) is 1. The van der Waals surface area contributed by atoms with Crippen molar-refractivity contribution >= 4 is 5.91 Å². The van der Waals surface area contributed by atoms with Crippen molar-refractivity contribution in [1.82, 2.24) is 14.7 Å². The molecule has 1 fully saturated rings. The summed E-state index contributed by atoms with van der Waals surface area (Å²) >= 11 is 0. The standard InChI is InChI=1S/C14H20N4O2/c1-10(2)18-9-12(8-16-18)14-11(7-15)6-13(19)17(14)4-5-20-3/h8-11,14H,4-6H2,1-3H3/t11-,14-/m1/s1. The van der Waals surface area contributed by atoms with Crippen molar-refractivity contribution in [2.75, 3.05) is 20.3 Å². The van der Waals surface area contributed by atoms with Crippen molar-refractivity contribution in [3.63, 3.8) is 0 Å². The zero-order valence-electron chi connectivity index (χ0n) is 12.1. The molecule has 6 nitrogen and oxygen atoms in total. The van der Waals surface area contributed by atoms with E-state index in [-0.39, 0.29) is 30.3 Å². The first kappa shape index (κ1) is 14.5. The van der Waals surface area contributed by atoms with Gasteiger partial charge in [-0.3, -0.25) is 9.48 Å². The van der Waals surface area contributed by atoms with Gasteiger partial charge in [-0.1, -0.05) is 0 Å². The highest BCUT2D eigenvalue weighted by Crippen LogP contribution is 2.37. The van der Waals surface area contributed by atoms with Crippen LogP contribution in [-0.2, 0) is 9.53 Å². The molecule has 2 heterocycles. The van der Waals surface area contributed by atoms with Crippen molar-refractivity contribution in [1.29, 1.82) is 5.26 Å². The van der Waals surface area contributed by atoms with Crippen LogP contribution in [0.1, 0.15) is 37.9 Å². The highest BCUT2D eigenvalue weighted by molar-refractivity contribution is 5.80. The van der Waals surface area contributed by atoms with Crippen molar-refractivity contribution in [2.24, 2.45) is 5.92 Å². The predicted molar refractivity (Wildman–Crippen MR) is 72.7 cm³/mol. The van der Waals surface area contributed by atoms with Gasteiger partial charge in [-0.15, -0.1) is 0 Å². The molecule has 0 saturated carbocycles. The Labute approximate surface area is 118 Å². The van der Waals surface area contributed by atoms with Gasteiger partial charge in [0.25, 0.3) is 0 Å². The van der Waals surface area contributed by atoms with E-state index in [1.165, 1.54) is 0 Å². The van der Waals surface area contributed by atoms with E-state index in [4.69, 9.17) is 4.74 Å². The Hall–Kier alpha value is -1.87. The van der Waals surface area contributed by atoms with Crippen molar-refractivity contribution in [3.05, 3.63) is 18.0 Å². The number of methoxy groups -OCH3 is 1. The lowest BCUT2D eigenvalue weighted by Crippen LogP contribution is -2.31. The highest BCUT2D eigenvalue weighted by atomic mass is 16.5. The first-order valence-electron chi connectivity index (χ1n) is 6.80. The Kier molecular flexibility index (Phi) is 4.40. The summed E-state index contributed by atoms with van der Waals surface area (Å²) in [6.45, 7) is 5.06. The highest BCUT2D eigenvalue weighted by Gasteiger charge is 2.41. The molecule has 0 unspecified atom stereocenters. The zero-order valence-corrected chi connectivity index (χ0v) is 12.1. The Morgan fingerprint density at radius 3 is 2.90 bits per heavy atom. The molecule has 0 radical (unpaired) electrons. The van der Waals surface area contributed by atoms with Crippen LogP contribution in [0.25, 0.3) is 0 Å². The molecule has 6 heteroatoms. The number of carbonyl (C=O) groups is 1. The number of aromatic nitrogens is 2. The third-order valence-corrected chi connectivity index (χ3v) is 3.63. The van der Waals surface area contributed by atoms with Crippen molar-refractivity contribution < 1.29 is 9.53 Å². The van der Waals surface area contributed by atoms with Crippen LogP contribution in [0.2, 0.25) is 0 Å². The molecule has 0 spiro atoms. The molecule has 2 atom stereocenters. The minimum atomic E-state index is -0.316. The Balaban J connectivity index is 2.27. The number of hydrogen-bond acceptors (Lipinski definition) is 4. The van der Waals surface area contributed by atoms with Crippen LogP contribution in [0.3, 0.4) is 0 Å². The molecular weight excluding hydrogens is 256 g/mol. The van der Waals surface area contributed by atoms with Crippen LogP contribution < -0.4 is 0 Å². The summed E-state index contributed by atoms with van der Waals surface area (Å²) in [5, 5.41) is 13.6. The maximum atomic E-state index is 12.1. The molecule has 2 rings (SSSR count). The van der Waals surface area contributed by atoms with Gasteiger partial charge in [-0.25, -0.2) is 0 Å². The number of hydrogen-bond donors (Lipinski definition) is 0. The van der Waals surface area contributed by atoms with Gasteiger partial charge in [0.1, 0.15) is 0 Å². The second-order valence-electron chi connectivity index (χ2n) is 5.31. The quantitative estimate of drug-likeness (QED) is 0.817. The van der Waals surface area contributed by atoms with Gasteiger partial charge in [-0.05, 0) is 13.8 Å². The molecule has 1 aliphatic rings. The molecule has 0 N–H and O–H groups in total. The fourth-order valence-electron chi connectivity index (χ4n) is 2.56. The molecule has 1 aromatic heterocycles. The van der Waals surface area contributed by atoms with Gasteiger partial charge in [-0.2, -0.15) is 10.4 Å². The minimum absolute atomic E-state index is 0.0101. The van der Waals surface area contributed by atoms with E-state index in [1.807, 2.05) is 24.7 Å². The molecule has 0 aromatic carbocycles. The van der Waals surface area contributed by atoms with E-state index in [1.54, 1.807) is 18.2 Å². The van der Waals surface area contributed by atoms with E-state index in [0.717, 1.165) is 5.56 Å². The summed E-state index contributed by atoms with van der Waals surface area (Å²) in [6.07, 6.45) is 3.96. The monoisotopic (exact) mass is 276 g/mol. The summed E-state index contributed by atoms with van der Waals surface area (Å²) in [7, 11) is 1.61. The first-order chi connectivity index (χ1) is 9.58. The van der Waals surface area contributed by atoms with Crippen LogP contribution in [0.5, 0.6) is 0 Å². The van der Waals surface area contributed by atoms with Crippen LogP contribution in [0.4, 0.5) is 0 Å². The number of amides is 1. The second kappa shape index (κ2) is 6.06. The third kappa shape index (κ3) is 2.68. The maximum Gasteiger partial charge on any atom is 0.224 e. The largest absolute Gasteiger partial charge is 0.383 e. The van der Waals surface area contributed by atoms with Gasteiger partial charge in [0.15, 0.2) is 0 Å². The normalized spacial score (nSPS) is 22.6. The second-order valence-corrected chi connectivity index (χ2v) is 5.31.